The van der Waals surface area contributed by atoms with Crippen molar-refractivity contribution in [1.82, 2.24) is 0 Å². The molecule has 1 aromatic rings. The lowest BCUT2D eigenvalue weighted by Crippen LogP contribution is -2.52. The van der Waals surface area contributed by atoms with Gasteiger partial charge in [-0.05, 0) is 91.7 Å². The van der Waals surface area contributed by atoms with Crippen LogP contribution < -0.4 is 0 Å². The Hall–Kier alpha value is -3.12. The van der Waals surface area contributed by atoms with E-state index in [0.717, 1.165) is 60.8 Å². The molecule has 2 bridgehead atoms. The summed E-state index contributed by atoms with van der Waals surface area (Å²) >= 11 is 0. The molecular formula is C31H34O6. The van der Waals surface area contributed by atoms with Gasteiger partial charge in [0.15, 0.2) is 0 Å². The number of cyclic esters (lactones) is 2. The van der Waals surface area contributed by atoms with Crippen LogP contribution in [0.1, 0.15) is 64.4 Å². The van der Waals surface area contributed by atoms with Crippen molar-refractivity contribution < 1.29 is 29.3 Å². The Morgan fingerprint density at radius 2 is 1.97 bits per heavy atom. The van der Waals surface area contributed by atoms with E-state index in [2.05, 4.69) is 13.0 Å². The molecule has 0 radical (unpaired) electrons. The normalized spacial score (nSPS) is 33.0. The molecule has 6 aliphatic rings. The van der Waals surface area contributed by atoms with E-state index in [1.54, 1.807) is 12.1 Å². The highest BCUT2D eigenvalue weighted by molar-refractivity contribution is 6.06. The number of hydrogen-bond acceptors (Lipinski definition) is 6. The van der Waals surface area contributed by atoms with Crippen LogP contribution in [0.3, 0.4) is 0 Å². The number of aliphatic hydroxyl groups excluding tert-OH is 1. The third-order valence-corrected chi connectivity index (χ3v) is 9.13. The second-order valence-corrected chi connectivity index (χ2v) is 11.3. The Labute approximate surface area is 217 Å². The Bertz CT molecular complexity index is 1300. The van der Waals surface area contributed by atoms with Gasteiger partial charge in [0.05, 0.1) is 11.0 Å². The summed E-state index contributed by atoms with van der Waals surface area (Å²) in [4.78, 5) is 27.1. The van der Waals surface area contributed by atoms with Gasteiger partial charge in [-0.25, -0.2) is 9.59 Å². The number of esters is 2. The van der Waals surface area contributed by atoms with E-state index in [4.69, 9.17) is 9.47 Å². The quantitative estimate of drug-likeness (QED) is 0.494. The third kappa shape index (κ3) is 3.48. The summed E-state index contributed by atoms with van der Waals surface area (Å²) < 4.78 is 11.9. The summed E-state index contributed by atoms with van der Waals surface area (Å²) in [5.41, 5.74) is 3.51. The van der Waals surface area contributed by atoms with Gasteiger partial charge in [0.2, 0.25) is 0 Å². The average Bonchev–Trinajstić information content (AvgIpc) is 3.39. The predicted molar refractivity (Wildman–Crippen MR) is 138 cm³/mol. The Balaban J connectivity index is 1.56. The van der Waals surface area contributed by atoms with Crippen molar-refractivity contribution in [2.45, 2.75) is 58.8 Å². The van der Waals surface area contributed by atoms with E-state index >= 15 is 0 Å². The number of phenolic OH excluding ortho intramolecular Hbond substituents is 1. The number of aliphatic hydroxyl groups is 1. The van der Waals surface area contributed by atoms with Crippen molar-refractivity contribution in [2.24, 2.45) is 29.1 Å². The number of hydrogen-bond donors (Lipinski definition) is 2. The summed E-state index contributed by atoms with van der Waals surface area (Å²) in [6.45, 7) is 4.14. The molecule has 2 aliphatic heterocycles. The number of allylic oxidation sites excluding steroid dienone is 5. The highest BCUT2D eigenvalue weighted by atomic mass is 16.5. The van der Waals surface area contributed by atoms with Crippen LogP contribution in [0.4, 0.5) is 0 Å². The molecule has 194 valence electrons. The van der Waals surface area contributed by atoms with E-state index in [0.29, 0.717) is 23.5 Å². The number of carbonyl (C=O) groups is 2. The van der Waals surface area contributed by atoms with Crippen LogP contribution >= 0.6 is 0 Å². The molecule has 2 heterocycles. The van der Waals surface area contributed by atoms with E-state index in [-0.39, 0.29) is 48.0 Å². The van der Waals surface area contributed by atoms with Crippen LogP contribution in [-0.4, -0.2) is 28.8 Å². The number of fused-ring (bicyclic) bond motifs is 1. The topological polar surface area (TPSA) is 93.1 Å². The van der Waals surface area contributed by atoms with Gasteiger partial charge in [0.25, 0.3) is 0 Å². The van der Waals surface area contributed by atoms with Crippen molar-refractivity contribution in [2.75, 3.05) is 6.61 Å². The fourth-order valence-electron chi connectivity index (χ4n) is 7.61. The summed E-state index contributed by atoms with van der Waals surface area (Å²) in [6, 6.07) is 7.17. The van der Waals surface area contributed by atoms with Gasteiger partial charge in [-0.3, -0.25) is 0 Å². The second kappa shape index (κ2) is 9.02. The molecule has 1 aromatic carbocycles. The first kappa shape index (κ1) is 24.2. The Kier molecular flexibility index (Phi) is 5.90. The molecule has 7 rings (SSSR count). The summed E-state index contributed by atoms with van der Waals surface area (Å²) in [5, 5.41) is 19.7. The summed E-state index contributed by atoms with van der Waals surface area (Å²) in [5.74, 6) is 1.05. The molecule has 6 nitrogen and oxygen atoms in total. The number of benzene rings is 1. The van der Waals surface area contributed by atoms with Gasteiger partial charge in [0.1, 0.15) is 17.3 Å². The van der Waals surface area contributed by atoms with Crippen molar-refractivity contribution in [3.63, 3.8) is 0 Å². The number of aromatic hydroxyl groups is 1. The first-order chi connectivity index (χ1) is 17.9. The second-order valence-electron chi connectivity index (χ2n) is 11.3. The van der Waals surface area contributed by atoms with E-state index in [9.17, 15) is 19.8 Å². The van der Waals surface area contributed by atoms with Gasteiger partial charge in [-0.1, -0.05) is 32.4 Å². The highest BCUT2D eigenvalue weighted by Crippen LogP contribution is 2.71. The molecule has 4 aliphatic carbocycles. The maximum absolute atomic E-state index is 13.6. The van der Waals surface area contributed by atoms with Crippen LogP contribution in [0.2, 0.25) is 0 Å². The Morgan fingerprint density at radius 3 is 2.73 bits per heavy atom. The standard InChI is InChI=1S/C31H34O6/c1-3-4-8-24-31-14-13-20(25(28(31)30(35)37-24)18-6-5-7-19(33)15-18)21-10-11-22-23(12-9-17(2)16-32)36-29(34)26(22)27(21)31/h5-8,12,15,17,20-21,27,32-33H,3-4,9-11,13-14,16H2,1-2H3/t17-,20+,21+,27+,31+/m0/s1. The monoisotopic (exact) mass is 502 g/mol. The number of unbranched alkanes of at least 4 members (excludes halogenated alkanes) is 1. The van der Waals surface area contributed by atoms with E-state index in [1.165, 1.54) is 0 Å². The molecule has 0 unspecified atom stereocenters. The molecule has 0 aromatic heterocycles. The maximum Gasteiger partial charge on any atom is 0.340 e. The summed E-state index contributed by atoms with van der Waals surface area (Å²) in [6.07, 6.45) is 9.66. The lowest BCUT2D eigenvalue weighted by atomic mass is 9.44. The van der Waals surface area contributed by atoms with Crippen LogP contribution in [0.25, 0.3) is 5.57 Å². The maximum atomic E-state index is 13.6. The molecule has 0 amide bonds. The third-order valence-electron chi connectivity index (χ3n) is 9.13. The molecule has 1 saturated carbocycles. The number of carbonyl (C=O) groups excluding carboxylic acids is 2. The molecule has 5 atom stereocenters. The largest absolute Gasteiger partial charge is 0.508 e. The molecule has 2 fully saturated rings. The molecular weight excluding hydrogens is 468 g/mol. The van der Waals surface area contributed by atoms with E-state index < -0.39 is 5.41 Å². The van der Waals surface area contributed by atoms with Gasteiger partial charge in [-0.15, -0.1) is 0 Å². The van der Waals surface area contributed by atoms with Crippen molar-refractivity contribution in [1.29, 1.82) is 0 Å². The Morgan fingerprint density at radius 1 is 1.14 bits per heavy atom. The number of ether oxygens (including phenoxy) is 2. The smallest absolute Gasteiger partial charge is 0.340 e. The first-order valence-electron chi connectivity index (χ1n) is 13.6. The minimum atomic E-state index is -0.694. The first-order valence-corrected chi connectivity index (χ1v) is 13.6. The number of phenols is 1. The van der Waals surface area contributed by atoms with Gasteiger partial charge < -0.3 is 19.7 Å². The molecule has 37 heavy (non-hydrogen) atoms. The average molecular weight is 503 g/mol. The minimum absolute atomic E-state index is 0.0795. The zero-order valence-corrected chi connectivity index (χ0v) is 21.5. The summed E-state index contributed by atoms with van der Waals surface area (Å²) in [7, 11) is 0. The van der Waals surface area contributed by atoms with Crippen LogP contribution in [0.15, 0.2) is 64.7 Å². The van der Waals surface area contributed by atoms with Crippen molar-refractivity contribution in [3.8, 4) is 5.75 Å². The molecule has 1 spiro atoms. The zero-order chi connectivity index (χ0) is 25.9. The molecule has 2 N–H and O–H groups in total. The SMILES string of the molecule is CCCC=C1OC(=O)C2=C(c3cccc(O)c3)[C@@H]3CC[C@]12[C@H]1C2=C(CC[C@H]31)C(=CC[C@H](C)CO)OC2=O. The number of rotatable bonds is 6. The lowest BCUT2D eigenvalue weighted by molar-refractivity contribution is -0.135. The van der Waals surface area contributed by atoms with E-state index in [1.807, 2.05) is 25.1 Å². The lowest BCUT2D eigenvalue weighted by Gasteiger charge is -2.56. The fraction of sp³-hybridized carbons (Fsp3) is 0.484. The fourth-order valence-corrected chi connectivity index (χ4v) is 7.61. The highest BCUT2D eigenvalue weighted by Gasteiger charge is 2.68. The van der Waals surface area contributed by atoms with Crippen molar-refractivity contribution >= 4 is 17.5 Å². The predicted octanol–water partition coefficient (Wildman–Crippen LogP) is 5.58. The van der Waals surface area contributed by atoms with Gasteiger partial charge >= 0.3 is 11.9 Å². The zero-order valence-electron chi connectivity index (χ0n) is 21.5. The molecule has 1 saturated heterocycles. The minimum Gasteiger partial charge on any atom is -0.508 e. The van der Waals surface area contributed by atoms with Crippen LogP contribution in [0.5, 0.6) is 5.75 Å². The molecule has 6 heteroatoms. The van der Waals surface area contributed by atoms with Crippen LogP contribution in [0, 0.1) is 29.1 Å². The van der Waals surface area contributed by atoms with Gasteiger partial charge in [0, 0.05) is 23.7 Å². The van der Waals surface area contributed by atoms with Crippen LogP contribution in [-0.2, 0) is 19.1 Å². The van der Waals surface area contributed by atoms with Gasteiger partial charge in [-0.2, -0.15) is 0 Å². The van der Waals surface area contributed by atoms with Crippen molar-refractivity contribution in [3.05, 3.63) is 70.2 Å².